The molecule has 28 heavy (non-hydrogen) atoms. The van der Waals surface area contributed by atoms with Gasteiger partial charge in [-0.2, -0.15) is 0 Å². The smallest absolute Gasteiger partial charge is 0.298 e. The summed E-state index contributed by atoms with van der Waals surface area (Å²) in [4.78, 5) is 17.7. The molecule has 1 aliphatic rings. The second-order valence-corrected chi connectivity index (χ2v) is 7.97. The van der Waals surface area contributed by atoms with Crippen LogP contribution in [0.25, 0.3) is 11.0 Å². The molecule has 3 nitrogen and oxygen atoms in total. The quantitative estimate of drug-likeness (QED) is 0.383. The topological polar surface area (TPSA) is 33.5 Å². The highest BCUT2D eigenvalue weighted by atomic mass is 32.2. The third-order valence-corrected chi connectivity index (χ3v) is 6.39. The van der Waals surface area contributed by atoms with Gasteiger partial charge in [-0.3, -0.25) is 9.69 Å². The van der Waals surface area contributed by atoms with Crippen LogP contribution in [0.2, 0.25) is 0 Å². The summed E-state index contributed by atoms with van der Waals surface area (Å²) in [6, 6.07) is 22.1. The van der Waals surface area contributed by atoms with E-state index in [-0.39, 0.29) is 5.91 Å². The molecule has 0 aliphatic carbocycles. The molecule has 3 aromatic carbocycles. The Hall–Kier alpha value is -2.98. The first kappa shape index (κ1) is 17.1. The molecule has 138 valence electrons. The zero-order valence-electron chi connectivity index (χ0n) is 15.7. The molecule has 1 aliphatic heterocycles. The minimum absolute atomic E-state index is 0.129. The average molecular weight is 385 g/mol. The van der Waals surface area contributed by atoms with E-state index in [0.29, 0.717) is 5.76 Å². The Bertz CT molecular complexity index is 1180. The Morgan fingerprint density at radius 3 is 2.21 bits per heavy atom. The van der Waals surface area contributed by atoms with Crippen LogP contribution >= 0.6 is 11.8 Å². The molecular weight excluding hydrogens is 366 g/mol. The average Bonchev–Trinajstić information content (AvgIpc) is 3.08. The molecule has 5 rings (SSSR count). The first-order chi connectivity index (χ1) is 13.7. The molecule has 0 N–H and O–H groups in total. The van der Waals surface area contributed by atoms with Gasteiger partial charge in [0.05, 0.1) is 11.4 Å². The van der Waals surface area contributed by atoms with Crippen molar-refractivity contribution in [3.63, 3.8) is 0 Å². The maximum atomic E-state index is 13.7. The highest BCUT2D eigenvalue weighted by Crippen LogP contribution is 2.48. The third kappa shape index (κ3) is 2.49. The van der Waals surface area contributed by atoms with Crippen LogP contribution in [0.15, 0.2) is 80.9 Å². The van der Waals surface area contributed by atoms with Gasteiger partial charge in [-0.1, -0.05) is 61.2 Å². The minimum Gasteiger partial charge on any atom is -0.450 e. The van der Waals surface area contributed by atoms with E-state index in [9.17, 15) is 4.79 Å². The second kappa shape index (κ2) is 6.57. The maximum absolute atomic E-state index is 13.7. The zero-order valence-corrected chi connectivity index (χ0v) is 16.5. The van der Waals surface area contributed by atoms with Crippen molar-refractivity contribution in [1.82, 2.24) is 0 Å². The fraction of sp³-hybridized carbons (Fsp3) is 0.125. The van der Waals surface area contributed by atoms with Crippen molar-refractivity contribution in [3.8, 4) is 0 Å². The number of amides is 1. The van der Waals surface area contributed by atoms with Crippen molar-refractivity contribution in [2.45, 2.75) is 30.1 Å². The van der Waals surface area contributed by atoms with Crippen molar-refractivity contribution < 1.29 is 9.21 Å². The number of para-hydroxylation sites is 3. The number of hydrogen-bond acceptors (Lipinski definition) is 3. The first-order valence-electron chi connectivity index (χ1n) is 9.40. The van der Waals surface area contributed by atoms with Crippen LogP contribution in [0.3, 0.4) is 0 Å². The van der Waals surface area contributed by atoms with E-state index in [1.165, 1.54) is 0 Å². The van der Waals surface area contributed by atoms with Gasteiger partial charge >= 0.3 is 0 Å². The lowest BCUT2D eigenvalue weighted by molar-refractivity contribution is 0.0973. The van der Waals surface area contributed by atoms with E-state index in [1.54, 1.807) is 16.7 Å². The van der Waals surface area contributed by atoms with Gasteiger partial charge in [0.2, 0.25) is 0 Å². The zero-order chi connectivity index (χ0) is 19.3. The van der Waals surface area contributed by atoms with E-state index in [1.807, 2.05) is 55.5 Å². The van der Waals surface area contributed by atoms with E-state index >= 15 is 0 Å². The lowest BCUT2D eigenvalue weighted by atomic mass is 10.1. The van der Waals surface area contributed by atoms with Crippen LogP contribution in [-0.4, -0.2) is 5.91 Å². The third-order valence-electron chi connectivity index (χ3n) is 5.26. The SMILES string of the molecule is CCc1cccc2c(C)c(C(=O)N3c4ccccc4Sc4ccccc43)oc12. The number of anilines is 2. The summed E-state index contributed by atoms with van der Waals surface area (Å²) < 4.78 is 6.17. The lowest BCUT2D eigenvalue weighted by Crippen LogP contribution is -2.28. The summed E-state index contributed by atoms with van der Waals surface area (Å²) in [5, 5.41) is 1.01. The Labute approximate surface area is 168 Å². The maximum Gasteiger partial charge on any atom is 0.298 e. The van der Waals surface area contributed by atoms with Gasteiger partial charge in [0, 0.05) is 20.7 Å². The predicted octanol–water partition coefficient (Wildman–Crippen LogP) is 6.75. The monoisotopic (exact) mass is 385 g/mol. The summed E-state index contributed by atoms with van der Waals surface area (Å²) >= 11 is 1.69. The van der Waals surface area contributed by atoms with E-state index in [2.05, 4.69) is 25.1 Å². The van der Waals surface area contributed by atoms with E-state index in [0.717, 1.165) is 49.7 Å². The number of rotatable bonds is 2. The van der Waals surface area contributed by atoms with E-state index in [4.69, 9.17) is 4.42 Å². The van der Waals surface area contributed by atoms with Gasteiger partial charge < -0.3 is 4.42 Å². The van der Waals surface area contributed by atoms with Crippen LogP contribution in [0, 0.1) is 6.92 Å². The van der Waals surface area contributed by atoms with Gasteiger partial charge in [0.25, 0.3) is 5.91 Å². The van der Waals surface area contributed by atoms with Crippen molar-refractivity contribution in [2.75, 3.05) is 4.90 Å². The molecule has 4 heteroatoms. The van der Waals surface area contributed by atoms with Gasteiger partial charge in [-0.15, -0.1) is 0 Å². The highest BCUT2D eigenvalue weighted by Gasteiger charge is 2.32. The Morgan fingerprint density at radius 1 is 0.929 bits per heavy atom. The highest BCUT2D eigenvalue weighted by molar-refractivity contribution is 7.99. The molecular formula is C24H19NO2S. The van der Waals surface area contributed by atoms with Crippen LogP contribution < -0.4 is 4.90 Å². The van der Waals surface area contributed by atoms with Crippen LogP contribution in [-0.2, 0) is 6.42 Å². The van der Waals surface area contributed by atoms with Gasteiger partial charge in [-0.05, 0) is 43.2 Å². The molecule has 1 amide bonds. The number of carbonyl (C=O) groups is 1. The molecule has 0 saturated heterocycles. The molecule has 0 fully saturated rings. The van der Waals surface area contributed by atoms with Crippen molar-refractivity contribution in [1.29, 1.82) is 0 Å². The van der Waals surface area contributed by atoms with Gasteiger partial charge in [0.1, 0.15) is 5.58 Å². The van der Waals surface area contributed by atoms with Gasteiger partial charge in [-0.25, -0.2) is 0 Å². The molecule has 2 heterocycles. The normalized spacial score (nSPS) is 12.7. The fourth-order valence-electron chi connectivity index (χ4n) is 3.81. The number of furan rings is 1. The van der Waals surface area contributed by atoms with Crippen molar-refractivity contribution in [2.24, 2.45) is 0 Å². The Balaban J connectivity index is 1.71. The largest absolute Gasteiger partial charge is 0.450 e. The number of fused-ring (bicyclic) bond motifs is 3. The number of hydrogen-bond donors (Lipinski definition) is 0. The molecule has 0 atom stereocenters. The number of nitrogens with zero attached hydrogens (tertiary/aromatic N) is 1. The van der Waals surface area contributed by atoms with Crippen LogP contribution in [0.5, 0.6) is 0 Å². The second-order valence-electron chi connectivity index (χ2n) is 6.88. The number of benzene rings is 3. The Morgan fingerprint density at radius 2 is 1.57 bits per heavy atom. The predicted molar refractivity (Wildman–Crippen MR) is 114 cm³/mol. The summed E-state index contributed by atoms with van der Waals surface area (Å²) in [7, 11) is 0. The van der Waals surface area contributed by atoms with Gasteiger partial charge in [0.15, 0.2) is 5.76 Å². The fourth-order valence-corrected chi connectivity index (χ4v) is 4.87. The van der Waals surface area contributed by atoms with E-state index < -0.39 is 0 Å². The molecule has 0 radical (unpaired) electrons. The number of carbonyl (C=O) groups excluding carboxylic acids is 1. The minimum atomic E-state index is -0.129. The molecule has 0 spiro atoms. The number of aryl methyl sites for hydroxylation is 2. The molecule has 0 unspecified atom stereocenters. The summed E-state index contributed by atoms with van der Waals surface area (Å²) in [6.07, 6.45) is 0.865. The van der Waals surface area contributed by atoms with Crippen LogP contribution in [0.1, 0.15) is 28.6 Å². The molecule has 1 aromatic heterocycles. The first-order valence-corrected chi connectivity index (χ1v) is 10.2. The molecule has 0 saturated carbocycles. The summed E-state index contributed by atoms with van der Waals surface area (Å²) in [5.74, 6) is 0.281. The lowest BCUT2D eigenvalue weighted by Gasteiger charge is -2.30. The standard InChI is InChI=1S/C24H19NO2S/c1-3-16-9-8-10-17-15(2)22(27-23(16)17)24(26)25-18-11-4-6-13-20(18)28-21-14-7-5-12-19(21)25/h4-14H,3H2,1-2H3. The summed E-state index contributed by atoms with van der Waals surface area (Å²) in [5.41, 5.74) is 4.62. The van der Waals surface area contributed by atoms with Crippen LogP contribution in [0.4, 0.5) is 11.4 Å². The molecule has 0 bridgehead atoms. The Kier molecular flexibility index (Phi) is 4.02. The van der Waals surface area contributed by atoms with Crippen molar-refractivity contribution >= 4 is 40.0 Å². The molecule has 4 aromatic rings. The van der Waals surface area contributed by atoms with Crippen molar-refractivity contribution in [3.05, 3.63) is 83.6 Å². The summed E-state index contributed by atoms with van der Waals surface area (Å²) in [6.45, 7) is 4.07.